The average molecular weight is 317 g/mol. The van der Waals surface area contributed by atoms with Crippen LogP contribution in [0, 0.1) is 5.82 Å². The summed E-state index contributed by atoms with van der Waals surface area (Å²) in [5.41, 5.74) is 0.710. The van der Waals surface area contributed by atoms with E-state index in [1.807, 2.05) is 13.8 Å². The molecule has 0 aliphatic rings. The first-order chi connectivity index (χ1) is 10.5. The minimum absolute atomic E-state index is 0.000603. The Kier molecular flexibility index (Phi) is 3.71. The number of nitrogens with zero attached hydrogens (tertiary/aromatic N) is 2. The van der Waals surface area contributed by atoms with E-state index < -0.39 is 5.82 Å². The first kappa shape index (κ1) is 14.7. The molecule has 2 aromatic carbocycles. The predicted molar refractivity (Wildman–Crippen MR) is 86.4 cm³/mol. The van der Waals surface area contributed by atoms with Crippen molar-refractivity contribution in [3.8, 4) is 5.69 Å². The highest BCUT2D eigenvalue weighted by Crippen LogP contribution is 2.23. The van der Waals surface area contributed by atoms with Crippen molar-refractivity contribution in [2.75, 3.05) is 0 Å². The van der Waals surface area contributed by atoms with E-state index in [4.69, 9.17) is 11.6 Å². The SMILES string of the molecule is CC(C)c1nc2cccc(Cl)c2c(=O)n1-c1cccc(F)c1. The Hall–Kier alpha value is -2.20. The van der Waals surface area contributed by atoms with Crippen LogP contribution >= 0.6 is 11.6 Å². The topological polar surface area (TPSA) is 34.9 Å². The zero-order valence-corrected chi connectivity index (χ0v) is 12.9. The molecule has 0 atom stereocenters. The molecule has 0 bridgehead atoms. The number of hydrogen-bond acceptors (Lipinski definition) is 2. The fourth-order valence-corrected chi connectivity index (χ4v) is 2.71. The summed E-state index contributed by atoms with van der Waals surface area (Å²) >= 11 is 6.16. The highest BCUT2D eigenvalue weighted by Gasteiger charge is 2.17. The van der Waals surface area contributed by atoms with Gasteiger partial charge in [0.15, 0.2) is 0 Å². The van der Waals surface area contributed by atoms with Gasteiger partial charge in [0.25, 0.3) is 5.56 Å². The van der Waals surface area contributed by atoms with Crippen molar-refractivity contribution in [1.82, 2.24) is 9.55 Å². The summed E-state index contributed by atoms with van der Waals surface area (Å²) in [7, 11) is 0. The molecular weight excluding hydrogens is 303 g/mol. The standard InChI is InChI=1S/C17H14ClFN2O/c1-10(2)16-20-14-8-4-7-13(18)15(14)17(22)21(16)12-6-3-5-11(19)9-12/h3-10H,1-2H3. The summed E-state index contributed by atoms with van der Waals surface area (Å²) in [5.74, 6) is 0.170. The van der Waals surface area contributed by atoms with E-state index in [-0.39, 0.29) is 11.5 Å². The Morgan fingerprint density at radius 1 is 1.18 bits per heavy atom. The number of rotatable bonds is 2. The molecule has 0 saturated carbocycles. The summed E-state index contributed by atoms with van der Waals surface area (Å²) in [5, 5.41) is 0.688. The van der Waals surface area contributed by atoms with Gasteiger partial charge < -0.3 is 0 Å². The third-order valence-corrected chi connectivity index (χ3v) is 3.77. The molecule has 22 heavy (non-hydrogen) atoms. The highest BCUT2D eigenvalue weighted by molar-refractivity contribution is 6.35. The molecule has 0 saturated heterocycles. The number of benzene rings is 2. The molecule has 3 aromatic rings. The second kappa shape index (κ2) is 5.54. The van der Waals surface area contributed by atoms with E-state index >= 15 is 0 Å². The zero-order valence-electron chi connectivity index (χ0n) is 12.2. The van der Waals surface area contributed by atoms with Gasteiger partial charge in [0.05, 0.1) is 21.6 Å². The molecule has 0 spiro atoms. The third kappa shape index (κ3) is 2.40. The Morgan fingerprint density at radius 2 is 1.91 bits per heavy atom. The van der Waals surface area contributed by atoms with Gasteiger partial charge in [0, 0.05) is 5.92 Å². The molecule has 0 unspecified atom stereocenters. The van der Waals surface area contributed by atoms with Crippen LogP contribution in [0.2, 0.25) is 5.02 Å². The lowest BCUT2D eigenvalue weighted by molar-refractivity contribution is 0.624. The number of fused-ring (bicyclic) bond motifs is 1. The van der Waals surface area contributed by atoms with Crippen LogP contribution in [0.5, 0.6) is 0 Å². The maximum absolute atomic E-state index is 13.5. The van der Waals surface area contributed by atoms with E-state index in [1.54, 1.807) is 30.3 Å². The van der Waals surface area contributed by atoms with Crippen molar-refractivity contribution in [2.24, 2.45) is 0 Å². The van der Waals surface area contributed by atoms with Gasteiger partial charge in [-0.15, -0.1) is 0 Å². The Balaban J connectivity index is 2.46. The van der Waals surface area contributed by atoms with E-state index in [2.05, 4.69) is 4.98 Å². The van der Waals surface area contributed by atoms with Gasteiger partial charge >= 0.3 is 0 Å². The van der Waals surface area contributed by atoms with Crippen molar-refractivity contribution in [2.45, 2.75) is 19.8 Å². The summed E-state index contributed by atoms with van der Waals surface area (Å²) in [4.78, 5) is 17.5. The highest BCUT2D eigenvalue weighted by atomic mass is 35.5. The van der Waals surface area contributed by atoms with Crippen LogP contribution in [0.25, 0.3) is 16.6 Å². The molecule has 112 valence electrons. The molecule has 0 N–H and O–H groups in total. The van der Waals surface area contributed by atoms with E-state index in [0.717, 1.165) is 0 Å². The molecule has 1 heterocycles. The lowest BCUT2D eigenvalue weighted by atomic mass is 10.1. The molecule has 0 radical (unpaired) electrons. The Labute approximate surface area is 132 Å². The van der Waals surface area contributed by atoms with Gasteiger partial charge in [-0.1, -0.05) is 37.6 Å². The van der Waals surface area contributed by atoms with Crippen molar-refractivity contribution >= 4 is 22.5 Å². The van der Waals surface area contributed by atoms with Crippen LogP contribution in [0.15, 0.2) is 47.3 Å². The van der Waals surface area contributed by atoms with Gasteiger partial charge in [0.2, 0.25) is 0 Å². The minimum Gasteiger partial charge on any atom is -0.268 e. The largest absolute Gasteiger partial charge is 0.268 e. The molecule has 0 aliphatic heterocycles. The molecule has 1 aromatic heterocycles. The maximum atomic E-state index is 13.5. The second-order valence-electron chi connectivity index (χ2n) is 5.38. The van der Waals surface area contributed by atoms with Crippen molar-refractivity contribution in [3.05, 3.63) is 69.5 Å². The van der Waals surface area contributed by atoms with Crippen molar-refractivity contribution < 1.29 is 4.39 Å². The van der Waals surface area contributed by atoms with E-state index in [0.29, 0.717) is 27.4 Å². The number of aromatic nitrogens is 2. The van der Waals surface area contributed by atoms with Crippen molar-refractivity contribution in [1.29, 1.82) is 0 Å². The summed E-state index contributed by atoms with van der Waals surface area (Å²) in [6.45, 7) is 3.88. The molecule has 5 heteroatoms. The molecular formula is C17H14ClFN2O. The van der Waals surface area contributed by atoms with Gasteiger partial charge in [-0.3, -0.25) is 9.36 Å². The minimum atomic E-state index is -0.404. The van der Waals surface area contributed by atoms with Crippen molar-refractivity contribution in [3.63, 3.8) is 0 Å². The number of hydrogen-bond donors (Lipinski definition) is 0. The van der Waals surface area contributed by atoms with Crippen LogP contribution in [0.4, 0.5) is 4.39 Å². The first-order valence-corrected chi connectivity index (χ1v) is 7.34. The summed E-state index contributed by atoms with van der Waals surface area (Å²) in [6.07, 6.45) is 0. The quantitative estimate of drug-likeness (QED) is 0.706. The van der Waals surface area contributed by atoms with Crippen LogP contribution < -0.4 is 5.56 Å². The maximum Gasteiger partial charge on any atom is 0.267 e. The predicted octanol–water partition coefficient (Wildman–Crippen LogP) is 4.30. The molecule has 0 aliphatic carbocycles. The van der Waals surface area contributed by atoms with Gasteiger partial charge in [-0.2, -0.15) is 0 Å². The second-order valence-corrected chi connectivity index (χ2v) is 5.79. The Bertz CT molecular complexity index is 918. The third-order valence-electron chi connectivity index (χ3n) is 3.46. The van der Waals surface area contributed by atoms with E-state index in [1.165, 1.54) is 16.7 Å². The fraction of sp³-hybridized carbons (Fsp3) is 0.176. The normalized spacial score (nSPS) is 11.3. The van der Waals surface area contributed by atoms with Gasteiger partial charge in [-0.05, 0) is 30.3 Å². The van der Waals surface area contributed by atoms with Crippen LogP contribution in [-0.2, 0) is 0 Å². The van der Waals surface area contributed by atoms with Gasteiger partial charge in [0.1, 0.15) is 11.6 Å². The molecule has 3 nitrogen and oxygen atoms in total. The van der Waals surface area contributed by atoms with Crippen LogP contribution in [0.1, 0.15) is 25.6 Å². The zero-order chi connectivity index (χ0) is 15.9. The number of halogens is 2. The molecule has 0 fully saturated rings. The summed E-state index contributed by atoms with van der Waals surface area (Å²) < 4.78 is 15.0. The van der Waals surface area contributed by atoms with Crippen LogP contribution in [0.3, 0.4) is 0 Å². The fourth-order valence-electron chi connectivity index (χ4n) is 2.46. The average Bonchev–Trinajstić information content (AvgIpc) is 2.46. The first-order valence-electron chi connectivity index (χ1n) is 6.96. The monoisotopic (exact) mass is 316 g/mol. The van der Waals surface area contributed by atoms with E-state index in [9.17, 15) is 9.18 Å². The molecule has 0 amide bonds. The summed E-state index contributed by atoms with van der Waals surface area (Å²) in [6, 6.07) is 11.1. The molecule has 3 rings (SSSR count). The Morgan fingerprint density at radius 3 is 2.59 bits per heavy atom. The lowest BCUT2D eigenvalue weighted by Crippen LogP contribution is -2.25. The van der Waals surface area contributed by atoms with Crippen LogP contribution in [-0.4, -0.2) is 9.55 Å². The van der Waals surface area contributed by atoms with Gasteiger partial charge in [-0.25, -0.2) is 9.37 Å². The lowest BCUT2D eigenvalue weighted by Gasteiger charge is -2.16. The smallest absolute Gasteiger partial charge is 0.267 e.